The van der Waals surface area contributed by atoms with E-state index in [-0.39, 0.29) is 22.9 Å². The molecule has 1 atom stereocenters. The molecule has 1 unspecified atom stereocenters. The molecule has 3 aromatic rings. The van der Waals surface area contributed by atoms with Gasteiger partial charge in [-0.15, -0.1) is 0 Å². The van der Waals surface area contributed by atoms with Crippen LogP contribution in [0.4, 0.5) is 29.5 Å². The normalized spacial score (nSPS) is 12.3. The second-order valence-corrected chi connectivity index (χ2v) is 6.81. The highest BCUT2D eigenvalue weighted by atomic mass is 35.5. The summed E-state index contributed by atoms with van der Waals surface area (Å²) in [5.74, 6) is -0.263. The topological polar surface area (TPSA) is 89.3 Å². The first kappa shape index (κ1) is 21.7. The highest BCUT2D eigenvalue weighted by Gasteiger charge is 2.42. The number of anilines is 2. The van der Waals surface area contributed by atoms with Gasteiger partial charge in [0.2, 0.25) is 5.82 Å². The minimum atomic E-state index is -4.20. The first-order valence-electron chi connectivity index (χ1n) is 8.28. The largest absolute Gasteiger partial charge is 0.444 e. The Morgan fingerprint density at radius 1 is 1.17 bits per heavy atom. The van der Waals surface area contributed by atoms with Gasteiger partial charge in [-0.05, 0) is 53.1 Å². The molecule has 0 aliphatic rings. The van der Waals surface area contributed by atoms with E-state index in [0.29, 0.717) is 16.1 Å². The van der Waals surface area contributed by atoms with Crippen molar-refractivity contribution in [3.05, 3.63) is 53.1 Å². The van der Waals surface area contributed by atoms with E-state index in [1.165, 1.54) is 19.1 Å². The number of amides is 2. The standard InChI is InChI=1S/C18H13Cl2F3N4O3/c1-9-8-12(29-18(22,23)16(20)21)6-7-13(9)24-17(28)25-15-14(26-30-27-15)10-2-4-11(19)5-3-10/h2-8,16H,1H3,(H2,24,25,27,28). The van der Waals surface area contributed by atoms with Gasteiger partial charge in [-0.25, -0.2) is 13.8 Å². The van der Waals surface area contributed by atoms with Crippen molar-refractivity contribution >= 4 is 40.7 Å². The zero-order chi connectivity index (χ0) is 21.9. The van der Waals surface area contributed by atoms with Crippen LogP contribution < -0.4 is 15.4 Å². The van der Waals surface area contributed by atoms with Crippen LogP contribution in [0.15, 0.2) is 47.1 Å². The van der Waals surface area contributed by atoms with Gasteiger partial charge >= 0.3 is 12.1 Å². The van der Waals surface area contributed by atoms with E-state index in [2.05, 4.69) is 30.3 Å². The van der Waals surface area contributed by atoms with E-state index in [1.807, 2.05) is 0 Å². The Labute approximate surface area is 178 Å². The fourth-order valence-electron chi connectivity index (χ4n) is 2.37. The summed E-state index contributed by atoms with van der Waals surface area (Å²) in [5.41, 5.74) is -1.45. The van der Waals surface area contributed by atoms with E-state index in [9.17, 15) is 18.0 Å². The number of alkyl halides is 4. The molecule has 1 aromatic heterocycles. The predicted octanol–water partition coefficient (Wildman–Crippen LogP) is 5.85. The third kappa shape index (κ3) is 5.14. The second-order valence-electron chi connectivity index (χ2n) is 5.99. The molecule has 2 aromatic carbocycles. The summed E-state index contributed by atoms with van der Waals surface area (Å²) >= 11 is 10.6. The Morgan fingerprint density at radius 3 is 2.50 bits per heavy atom. The molecule has 30 heavy (non-hydrogen) atoms. The number of nitrogens with one attached hydrogen (secondary N) is 2. The predicted molar refractivity (Wildman–Crippen MR) is 105 cm³/mol. The molecule has 0 fully saturated rings. The zero-order valence-electron chi connectivity index (χ0n) is 15.1. The van der Waals surface area contributed by atoms with Crippen LogP contribution >= 0.6 is 23.2 Å². The Morgan fingerprint density at radius 2 is 1.87 bits per heavy atom. The van der Waals surface area contributed by atoms with E-state index in [0.717, 1.165) is 6.07 Å². The average molecular weight is 461 g/mol. The van der Waals surface area contributed by atoms with Crippen molar-refractivity contribution in [3.8, 4) is 17.0 Å². The van der Waals surface area contributed by atoms with Gasteiger partial charge in [-0.2, -0.15) is 8.78 Å². The SMILES string of the molecule is Cc1cc(OC(F)(F)C(F)Cl)ccc1NC(=O)Nc1nonc1-c1ccc(Cl)cc1. The summed E-state index contributed by atoms with van der Waals surface area (Å²) in [5, 5.41) is 12.9. The Hall–Kier alpha value is -2.98. The minimum absolute atomic E-state index is 0.0585. The number of carbonyl (C=O) groups excluding carboxylic acids is 1. The van der Waals surface area contributed by atoms with Crippen LogP contribution in [0.5, 0.6) is 5.75 Å². The molecule has 1 heterocycles. The van der Waals surface area contributed by atoms with Gasteiger partial charge in [0.05, 0.1) is 0 Å². The Balaban J connectivity index is 1.69. The van der Waals surface area contributed by atoms with E-state index < -0.39 is 17.8 Å². The second kappa shape index (κ2) is 8.80. The molecule has 2 N–H and O–H groups in total. The Kier molecular flexibility index (Phi) is 6.37. The maximum absolute atomic E-state index is 13.2. The maximum Gasteiger partial charge on any atom is 0.444 e. The molecule has 12 heteroatoms. The van der Waals surface area contributed by atoms with Gasteiger partial charge in [0.1, 0.15) is 5.75 Å². The van der Waals surface area contributed by atoms with E-state index >= 15 is 0 Å². The molecule has 0 saturated heterocycles. The molecule has 2 amide bonds. The molecule has 0 bridgehead atoms. The number of benzene rings is 2. The minimum Gasteiger partial charge on any atom is -0.429 e. The van der Waals surface area contributed by atoms with Gasteiger partial charge < -0.3 is 10.1 Å². The van der Waals surface area contributed by atoms with Crippen LogP contribution in [0.3, 0.4) is 0 Å². The van der Waals surface area contributed by atoms with Crippen LogP contribution in [0, 0.1) is 6.92 Å². The lowest BCUT2D eigenvalue weighted by Gasteiger charge is -2.18. The van der Waals surface area contributed by atoms with Crippen molar-refractivity contribution < 1.29 is 27.3 Å². The van der Waals surface area contributed by atoms with Gasteiger partial charge in [0.15, 0.2) is 5.69 Å². The lowest BCUT2D eigenvalue weighted by Crippen LogP contribution is -2.32. The number of rotatable bonds is 6. The van der Waals surface area contributed by atoms with Crippen molar-refractivity contribution in [2.45, 2.75) is 18.7 Å². The lowest BCUT2D eigenvalue weighted by atomic mass is 10.1. The molecular formula is C18H13Cl2F3N4O3. The number of carbonyl (C=O) groups is 1. The van der Waals surface area contributed by atoms with Gasteiger partial charge in [-0.3, -0.25) is 5.32 Å². The van der Waals surface area contributed by atoms with Crippen molar-refractivity contribution in [2.24, 2.45) is 0 Å². The summed E-state index contributed by atoms with van der Waals surface area (Å²) < 4.78 is 48.1. The van der Waals surface area contributed by atoms with Gasteiger partial charge in [0, 0.05) is 16.3 Å². The van der Waals surface area contributed by atoms with Gasteiger partial charge in [-0.1, -0.05) is 35.3 Å². The summed E-state index contributed by atoms with van der Waals surface area (Å²) in [6.07, 6.45) is -4.20. The monoisotopic (exact) mass is 460 g/mol. The number of urea groups is 1. The Bertz CT molecular complexity index is 1050. The van der Waals surface area contributed by atoms with Crippen LogP contribution in [0.2, 0.25) is 5.02 Å². The fourth-order valence-corrected chi connectivity index (χ4v) is 2.54. The summed E-state index contributed by atoms with van der Waals surface area (Å²) in [4.78, 5) is 12.3. The van der Waals surface area contributed by atoms with E-state index in [4.69, 9.17) is 23.2 Å². The molecule has 0 aliphatic carbocycles. The molecule has 0 aliphatic heterocycles. The smallest absolute Gasteiger partial charge is 0.429 e. The van der Waals surface area contributed by atoms with Crippen LogP contribution in [-0.2, 0) is 0 Å². The lowest BCUT2D eigenvalue weighted by molar-refractivity contribution is -0.199. The number of ether oxygens (including phenoxy) is 1. The molecular weight excluding hydrogens is 448 g/mol. The van der Waals surface area contributed by atoms with Crippen LogP contribution in [-0.4, -0.2) is 28.1 Å². The molecule has 3 rings (SSSR count). The van der Waals surface area contributed by atoms with Gasteiger partial charge in [0.25, 0.3) is 5.63 Å². The summed E-state index contributed by atoms with van der Waals surface area (Å²) in [6.45, 7) is 1.53. The highest BCUT2D eigenvalue weighted by molar-refractivity contribution is 6.30. The van der Waals surface area contributed by atoms with Crippen molar-refractivity contribution in [1.82, 2.24) is 10.3 Å². The summed E-state index contributed by atoms with van der Waals surface area (Å²) in [7, 11) is 0. The van der Waals surface area contributed by atoms with Crippen LogP contribution in [0.1, 0.15) is 5.56 Å². The number of hydrogen-bond donors (Lipinski definition) is 2. The van der Waals surface area contributed by atoms with Crippen molar-refractivity contribution in [1.29, 1.82) is 0 Å². The number of halogens is 5. The quantitative estimate of drug-likeness (QED) is 0.450. The zero-order valence-corrected chi connectivity index (χ0v) is 16.6. The van der Waals surface area contributed by atoms with Crippen molar-refractivity contribution in [2.75, 3.05) is 10.6 Å². The molecule has 0 radical (unpaired) electrons. The average Bonchev–Trinajstić information content (AvgIpc) is 3.12. The molecule has 0 saturated carbocycles. The number of nitrogens with zero attached hydrogens (tertiary/aromatic N) is 2. The van der Waals surface area contributed by atoms with Crippen LogP contribution in [0.25, 0.3) is 11.3 Å². The number of hydrogen-bond acceptors (Lipinski definition) is 5. The first-order valence-corrected chi connectivity index (χ1v) is 9.09. The third-order valence-corrected chi connectivity index (χ3v) is 4.30. The third-order valence-electron chi connectivity index (χ3n) is 3.79. The highest BCUT2D eigenvalue weighted by Crippen LogP contribution is 2.31. The van der Waals surface area contributed by atoms with E-state index in [1.54, 1.807) is 24.3 Å². The summed E-state index contributed by atoms with van der Waals surface area (Å²) in [6, 6.07) is 9.57. The first-order chi connectivity index (χ1) is 14.2. The number of aromatic nitrogens is 2. The molecule has 7 nitrogen and oxygen atoms in total. The number of aryl methyl sites for hydroxylation is 1. The maximum atomic E-state index is 13.2. The van der Waals surface area contributed by atoms with Crippen molar-refractivity contribution in [3.63, 3.8) is 0 Å². The molecule has 158 valence electrons. The molecule has 0 spiro atoms. The fraction of sp³-hybridized carbons (Fsp3) is 0.167.